The van der Waals surface area contributed by atoms with Gasteiger partial charge in [-0.2, -0.15) is 0 Å². The van der Waals surface area contributed by atoms with Gasteiger partial charge in [0.15, 0.2) is 0 Å². The van der Waals surface area contributed by atoms with Crippen molar-refractivity contribution in [2.45, 2.75) is 18.4 Å². The minimum Gasteiger partial charge on any atom is -0.379 e. The van der Waals surface area contributed by atoms with Crippen molar-refractivity contribution in [1.29, 1.82) is 0 Å². The van der Waals surface area contributed by atoms with Crippen molar-refractivity contribution < 1.29 is 0 Å². The van der Waals surface area contributed by atoms with E-state index >= 15 is 0 Å². The second-order valence-electron chi connectivity index (χ2n) is 4.61. The zero-order valence-corrected chi connectivity index (χ0v) is 10.4. The number of piperidine rings is 1. The lowest BCUT2D eigenvalue weighted by Gasteiger charge is -2.32. The third kappa shape index (κ3) is 1.49. The van der Waals surface area contributed by atoms with E-state index in [2.05, 4.69) is 51.4 Å². The molecule has 1 saturated heterocycles. The Morgan fingerprint density at radius 3 is 3.20 bits per heavy atom. The van der Waals surface area contributed by atoms with Gasteiger partial charge in [-0.25, -0.2) is 0 Å². The topological polar surface area (TPSA) is 15.3 Å². The molecule has 3 rings (SSSR count). The Labute approximate surface area is 98.8 Å². The summed E-state index contributed by atoms with van der Waals surface area (Å²) in [5.74, 6) is 0.716. The Morgan fingerprint density at radius 1 is 1.47 bits per heavy atom. The van der Waals surface area contributed by atoms with Crippen molar-refractivity contribution in [3.8, 4) is 0 Å². The normalized spacial score (nSPS) is 29.5. The van der Waals surface area contributed by atoms with Gasteiger partial charge in [0.25, 0.3) is 0 Å². The van der Waals surface area contributed by atoms with Crippen LogP contribution >= 0.6 is 15.9 Å². The molecule has 0 saturated carbocycles. The van der Waals surface area contributed by atoms with E-state index in [4.69, 9.17) is 0 Å². The Bertz CT molecular complexity index is 391. The number of hydrogen-bond donors (Lipinski definition) is 1. The maximum absolute atomic E-state index is 3.65. The van der Waals surface area contributed by atoms with Crippen molar-refractivity contribution >= 4 is 21.6 Å². The van der Waals surface area contributed by atoms with Crippen LogP contribution in [-0.4, -0.2) is 31.1 Å². The van der Waals surface area contributed by atoms with E-state index in [9.17, 15) is 0 Å². The predicted molar refractivity (Wildman–Crippen MR) is 66.4 cm³/mol. The fourth-order valence-electron chi connectivity index (χ4n) is 2.82. The van der Waals surface area contributed by atoms with Crippen molar-refractivity contribution in [1.82, 2.24) is 4.90 Å². The van der Waals surface area contributed by atoms with Gasteiger partial charge in [-0.05, 0) is 47.6 Å². The number of nitrogens with zero attached hydrogens (tertiary/aromatic N) is 1. The van der Waals surface area contributed by atoms with Crippen LogP contribution in [0.15, 0.2) is 22.7 Å². The van der Waals surface area contributed by atoms with Gasteiger partial charge in [0.1, 0.15) is 0 Å². The molecule has 15 heavy (non-hydrogen) atoms. The van der Waals surface area contributed by atoms with Crippen molar-refractivity contribution in [2.24, 2.45) is 0 Å². The number of fused-ring (bicyclic) bond motifs is 3. The van der Waals surface area contributed by atoms with Crippen LogP contribution < -0.4 is 5.32 Å². The molecule has 0 bridgehead atoms. The van der Waals surface area contributed by atoms with Crippen molar-refractivity contribution in [3.05, 3.63) is 28.2 Å². The lowest BCUT2D eigenvalue weighted by molar-refractivity contribution is 0.245. The molecular weight excluding hydrogens is 252 g/mol. The maximum Gasteiger partial charge on any atom is 0.0523 e. The van der Waals surface area contributed by atoms with E-state index in [1.165, 1.54) is 28.7 Å². The molecule has 2 unspecified atom stereocenters. The first-order valence-electron chi connectivity index (χ1n) is 5.49. The number of benzene rings is 1. The largest absolute Gasteiger partial charge is 0.379 e. The maximum atomic E-state index is 3.65. The number of nitrogens with one attached hydrogen (secondary N) is 1. The minimum absolute atomic E-state index is 0.609. The highest BCUT2D eigenvalue weighted by molar-refractivity contribution is 9.10. The predicted octanol–water partition coefficient (Wildman–Crippen LogP) is 2.66. The van der Waals surface area contributed by atoms with Gasteiger partial charge in [0, 0.05) is 23.0 Å². The lowest BCUT2D eigenvalue weighted by atomic mass is 9.89. The van der Waals surface area contributed by atoms with E-state index in [1.54, 1.807) is 0 Å². The number of rotatable bonds is 0. The molecule has 2 aliphatic rings. The molecular formula is C12H15BrN2. The highest BCUT2D eigenvalue weighted by Gasteiger charge is 2.36. The van der Waals surface area contributed by atoms with E-state index in [0.717, 1.165) is 6.54 Å². The van der Waals surface area contributed by atoms with E-state index in [1.807, 2.05) is 0 Å². The molecule has 2 aliphatic heterocycles. The third-order valence-electron chi connectivity index (χ3n) is 3.59. The second kappa shape index (κ2) is 3.49. The molecule has 80 valence electrons. The highest BCUT2D eigenvalue weighted by Crippen LogP contribution is 2.43. The second-order valence-corrected chi connectivity index (χ2v) is 5.47. The Morgan fingerprint density at radius 2 is 2.33 bits per heavy atom. The minimum atomic E-state index is 0.609. The number of hydrogen-bond acceptors (Lipinski definition) is 2. The van der Waals surface area contributed by atoms with E-state index in [-0.39, 0.29) is 0 Å². The van der Waals surface area contributed by atoms with Crippen LogP contribution in [0.3, 0.4) is 0 Å². The summed E-state index contributed by atoms with van der Waals surface area (Å²) in [5.41, 5.74) is 2.82. The van der Waals surface area contributed by atoms with E-state index < -0.39 is 0 Å². The summed E-state index contributed by atoms with van der Waals surface area (Å²) in [6.07, 6.45) is 1.28. The van der Waals surface area contributed by atoms with Gasteiger partial charge in [-0.15, -0.1) is 0 Å². The average Bonchev–Trinajstić information content (AvgIpc) is 2.57. The molecule has 0 radical (unpaired) electrons. The van der Waals surface area contributed by atoms with Crippen LogP contribution in [0.1, 0.15) is 17.9 Å². The SMILES string of the molecule is CN1CCC2c3cccc(Br)c3NC2C1. The summed E-state index contributed by atoms with van der Waals surface area (Å²) < 4.78 is 1.21. The molecule has 2 heterocycles. The molecule has 1 N–H and O–H groups in total. The molecule has 0 aromatic heterocycles. The number of anilines is 1. The monoisotopic (exact) mass is 266 g/mol. The molecule has 2 nitrogen and oxygen atoms in total. The van der Waals surface area contributed by atoms with Crippen LogP contribution in [0, 0.1) is 0 Å². The van der Waals surface area contributed by atoms with Gasteiger partial charge in [0.05, 0.1) is 5.69 Å². The van der Waals surface area contributed by atoms with Gasteiger partial charge < -0.3 is 10.2 Å². The molecule has 1 fully saturated rings. The van der Waals surface area contributed by atoms with Crippen LogP contribution in [0.5, 0.6) is 0 Å². The number of para-hydroxylation sites is 1. The quantitative estimate of drug-likeness (QED) is 0.777. The number of likely N-dealkylation sites (N-methyl/N-ethyl adjacent to an activating group) is 1. The first-order valence-corrected chi connectivity index (χ1v) is 6.28. The third-order valence-corrected chi connectivity index (χ3v) is 4.25. The van der Waals surface area contributed by atoms with Crippen LogP contribution in [0.2, 0.25) is 0 Å². The zero-order chi connectivity index (χ0) is 10.4. The van der Waals surface area contributed by atoms with Crippen molar-refractivity contribution in [3.63, 3.8) is 0 Å². The Balaban J connectivity index is 1.99. The summed E-state index contributed by atoms with van der Waals surface area (Å²) >= 11 is 3.62. The summed E-state index contributed by atoms with van der Waals surface area (Å²) in [6, 6.07) is 7.14. The van der Waals surface area contributed by atoms with Crippen molar-refractivity contribution in [2.75, 3.05) is 25.5 Å². The summed E-state index contributed by atoms with van der Waals surface area (Å²) in [7, 11) is 2.20. The number of likely N-dealkylation sites (tertiary alicyclic amines) is 1. The molecule has 1 aromatic carbocycles. The first kappa shape index (κ1) is 9.67. The summed E-state index contributed by atoms with van der Waals surface area (Å²) in [5, 5.41) is 3.65. The van der Waals surface area contributed by atoms with E-state index in [0.29, 0.717) is 12.0 Å². The highest BCUT2D eigenvalue weighted by atomic mass is 79.9. The van der Waals surface area contributed by atoms with Gasteiger partial charge in [-0.3, -0.25) is 0 Å². The zero-order valence-electron chi connectivity index (χ0n) is 8.83. The Kier molecular flexibility index (Phi) is 2.25. The smallest absolute Gasteiger partial charge is 0.0523 e. The molecule has 0 aliphatic carbocycles. The average molecular weight is 267 g/mol. The molecule has 0 spiro atoms. The van der Waals surface area contributed by atoms with Gasteiger partial charge >= 0.3 is 0 Å². The fraction of sp³-hybridized carbons (Fsp3) is 0.500. The number of halogens is 1. The molecule has 0 amide bonds. The van der Waals surface area contributed by atoms with Crippen LogP contribution in [0.25, 0.3) is 0 Å². The lowest BCUT2D eigenvalue weighted by Crippen LogP contribution is -2.41. The van der Waals surface area contributed by atoms with Crippen LogP contribution in [0.4, 0.5) is 5.69 Å². The first-order chi connectivity index (χ1) is 7.25. The van der Waals surface area contributed by atoms with Gasteiger partial charge in [-0.1, -0.05) is 12.1 Å². The fourth-order valence-corrected chi connectivity index (χ4v) is 3.32. The molecule has 2 atom stereocenters. The summed E-state index contributed by atoms with van der Waals surface area (Å²) in [6.45, 7) is 2.38. The molecule has 1 aromatic rings. The standard InChI is InChI=1S/C12H15BrN2/c1-15-6-5-8-9-3-2-4-10(13)12(9)14-11(8)7-15/h2-4,8,11,14H,5-7H2,1H3. The van der Waals surface area contributed by atoms with Gasteiger partial charge in [0.2, 0.25) is 0 Å². The Hall–Kier alpha value is -0.540. The van der Waals surface area contributed by atoms with Crippen LogP contribution in [-0.2, 0) is 0 Å². The summed E-state index contributed by atoms with van der Waals surface area (Å²) in [4.78, 5) is 2.41. The molecule has 3 heteroatoms.